The molecule has 9 heteroatoms. The first-order valence-electron chi connectivity index (χ1n) is 7.55. The van der Waals surface area contributed by atoms with Crippen molar-refractivity contribution in [1.29, 1.82) is 0 Å². The summed E-state index contributed by atoms with van der Waals surface area (Å²) in [5.74, 6) is 1.51. The second-order valence-electron chi connectivity index (χ2n) is 5.18. The van der Waals surface area contributed by atoms with E-state index in [1.54, 1.807) is 18.4 Å². The average Bonchev–Trinajstić information content (AvgIpc) is 3.27. The van der Waals surface area contributed by atoms with Gasteiger partial charge in [0.25, 0.3) is 0 Å². The molecule has 2 heterocycles. The summed E-state index contributed by atoms with van der Waals surface area (Å²) in [4.78, 5) is 14.0. The second kappa shape index (κ2) is 9.47. The molecule has 132 valence electrons. The SMILES string of the molecule is CN=C(NCc1cccc(-c2ncn[nH]2)c1)NCc1ncc(C)s1.I. The third-order valence-electron chi connectivity index (χ3n) is 3.38. The fraction of sp³-hybridized carbons (Fsp3) is 0.250. The maximum absolute atomic E-state index is 4.34. The van der Waals surface area contributed by atoms with E-state index in [-0.39, 0.29) is 24.0 Å². The minimum atomic E-state index is 0. The summed E-state index contributed by atoms with van der Waals surface area (Å²) in [7, 11) is 1.76. The van der Waals surface area contributed by atoms with Gasteiger partial charge in [0.15, 0.2) is 11.8 Å². The van der Waals surface area contributed by atoms with Crippen LogP contribution in [0, 0.1) is 6.92 Å². The molecule has 0 bridgehead atoms. The van der Waals surface area contributed by atoms with Crippen molar-refractivity contribution in [2.75, 3.05) is 7.05 Å². The molecule has 0 radical (unpaired) electrons. The molecule has 3 N–H and O–H groups in total. The Labute approximate surface area is 167 Å². The smallest absolute Gasteiger partial charge is 0.191 e. The molecular weight excluding hydrogens is 449 g/mol. The fourth-order valence-electron chi connectivity index (χ4n) is 2.22. The summed E-state index contributed by atoms with van der Waals surface area (Å²) in [5, 5.41) is 14.4. The molecule has 7 nitrogen and oxygen atoms in total. The second-order valence-corrected chi connectivity index (χ2v) is 6.50. The summed E-state index contributed by atoms with van der Waals surface area (Å²) in [6, 6.07) is 8.14. The lowest BCUT2D eigenvalue weighted by atomic mass is 10.1. The number of rotatable bonds is 5. The van der Waals surface area contributed by atoms with Crippen LogP contribution < -0.4 is 10.6 Å². The Morgan fingerprint density at radius 1 is 1.24 bits per heavy atom. The molecule has 0 saturated heterocycles. The summed E-state index contributed by atoms with van der Waals surface area (Å²) < 4.78 is 0. The van der Waals surface area contributed by atoms with E-state index in [2.05, 4.69) is 54.8 Å². The number of hydrogen-bond acceptors (Lipinski definition) is 5. The molecule has 0 aliphatic rings. The Bertz CT molecular complexity index is 814. The number of aromatic nitrogens is 4. The van der Waals surface area contributed by atoms with E-state index >= 15 is 0 Å². The molecule has 3 aromatic rings. The van der Waals surface area contributed by atoms with Crippen molar-refractivity contribution in [2.45, 2.75) is 20.0 Å². The predicted octanol–water partition coefficient (Wildman–Crippen LogP) is 2.72. The zero-order chi connectivity index (χ0) is 16.8. The number of hydrogen-bond donors (Lipinski definition) is 3. The molecule has 2 aromatic heterocycles. The van der Waals surface area contributed by atoms with Crippen LogP contribution in [0.1, 0.15) is 15.4 Å². The molecule has 1 aromatic carbocycles. The van der Waals surface area contributed by atoms with Gasteiger partial charge >= 0.3 is 0 Å². The normalized spacial score (nSPS) is 11.0. The first-order valence-corrected chi connectivity index (χ1v) is 8.37. The first-order chi connectivity index (χ1) is 11.7. The maximum Gasteiger partial charge on any atom is 0.191 e. The number of aryl methyl sites for hydroxylation is 1. The number of aromatic amines is 1. The van der Waals surface area contributed by atoms with Crippen molar-refractivity contribution >= 4 is 41.3 Å². The largest absolute Gasteiger partial charge is 0.352 e. The van der Waals surface area contributed by atoms with E-state index < -0.39 is 0 Å². The molecule has 25 heavy (non-hydrogen) atoms. The van der Waals surface area contributed by atoms with Crippen LogP contribution in [0.5, 0.6) is 0 Å². The minimum absolute atomic E-state index is 0. The number of thiazole rings is 1. The zero-order valence-corrected chi connectivity index (χ0v) is 17.1. The highest BCUT2D eigenvalue weighted by atomic mass is 127. The van der Waals surface area contributed by atoms with Crippen LogP contribution in [-0.4, -0.2) is 33.2 Å². The predicted molar refractivity (Wildman–Crippen MR) is 111 cm³/mol. The van der Waals surface area contributed by atoms with E-state index in [0.717, 1.165) is 27.9 Å². The number of nitrogens with zero attached hydrogens (tertiary/aromatic N) is 4. The Kier molecular flexibility index (Phi) is 7.31. The standard InChI is InChI=1S/C16H19N7S.HI/c1-11-7-18-14(24-11)9-20-16(17-2)19-8-12-4-3-5-13(6-12)15-21-10-22-23-15;/h3-7,10H,8-9H2,1-2H3,(H2,17,19,20)(H,21,22,23);1H. The monoisotopic (exact) mass is 469 g/mol. The van der Waals surface area contributed by atoms with E-state index in [1.165, 1.54) is 11.2 Å². The van der Waals surface area contributed by atoms with Crippen LogP contribution in [0.4, 0.5) is 0 Å². The van der Waals surface area contributed by atoms with Crippen LogP contribution in [0.3, 0.4) is 0 Å². The molecule has 0 atom stereocenters. The van der Waals surface area contributed by atoms with Crippen molar-refractivity contribution in [3.8, 4) is 11.4 Å². The minimum Gasteiger partial charge on any atom is -0.352 e. The van der Waals surface area contributed by atoms with Crippen molar-refractivity contribution in [3.05, 3.63) is 52.2 Å². The number of aliphatic imine (C=N–C) groups is 1. The van der Waals surface area contributed by atoms with Crippen molar-refractivity contribution in [2.24, 2.45) is 4.99 Å². The van der Waals surface area contributed by atoms with E-state index in [0.29, 0.717) is 13.1 Å². The van der Waals surface area contributed by atoms with Gasteiger partial charge in [-0.05, 0) is 18.6 Å². The fourth-order valence-corrected chi connectivity index (χ4v) is 2.95. The summed E-state index contributed by atoms with van der Waals surface area (Å²) in [6.45, 7) is 3.38. The third-order valence-corrected chi connectivity index (χ3v) is 4.29. The van der Waals surface area contributed by atoms with Gasteiger partial charge in [-0.1, -0.05) is 18.2 Å². The molecular formula is C16H20IN7S. The van der Waals surface area contributed by atoms with E-state index in [4.69, 9.17) is 0 Å². The summed E-state index contributed by atoms with van der Waals surface area (Å²) in [6.07, 6.45) is 3.39. The Morgan fingerprint density at radius 3 is 2.76 bits per heavy atom. The molecule has 0 fully saturated rings. The number of guanidine groups is 1. The van der Waals surface area contributed by atoms with Crippen LogP contribution in [-0.2, 0) is 13.1 Å². The molecule has 0 saturated carbocycles. The number of benzene rings is 1. The number of H-pyrrole nitrogens is 1. The van der Waals surface area contributed by atoms with Crippen molar-refractivity contribution in [3.63, 3.8) is 0 Å². The van der Waals surface area contributed by atoms with Gasteiger partial charge in [0.05, 0.1) is 6.54 Å². The lowest BCUT2D eigenvalue weighted by Gasteiger charge is -2.11. The highest BCUT2D eigenvalue weighted by Crippen LogP contribution is 2.15. The van der Waals surface area contributed by atoms with Gasteiger partial charge in [-0.3, -0.25) is 10.1 Å². The van der Waals surface area contributed by atoms with Crippen molar-refractivity contribution < 1.29 is 0 Å². The average molecular weight is 469 g/mol. The lowest BCUT2D eigenvalue weighted by Crippen LogP contribution is -2.36. The van der Waals surface area contributed by atoms with Gasteiger partial charge in [0.1, 0.15) is 11.3 Å². The van der Waals surface area contributed by atoms with Gasteiger partial charge in [0.2, 0.25) is 0 Å². The quantitative estimate of drug-likeness (QED) is 0.304. The summed E-state index contributed by atoms with van der Waals surface area (Å²) in [5.41, 5.74) is 2.14. The van der Waals surface area contributed by atoms with Gasteiger partial charge in [-0.25, -0.2) is 9.97 Å². The van der Waals surface area contributed by atoms with Crippen LogP contribution in [0.2, 0.25) is 0 Å². The molecule has 0 aliphatic carbocycles. The topological polar surface area (TPSA) is 90.9 Å². The highest BCUT2D eigenvalue weighted by molar-refractivity contribution is 14.0. The van der Waals surface area contributed by atoms with E-state index in [9.17, 15) is 0 Å². The van der Waals surface area contributed by atoms with Gasteiger partial charge in [-0.15, -0.1) is 35.3 Å². The molecule has 0 spiro atoms. The van der Waals surface area contributed by atoms with Gasteiger partial charge in [-0.2, -0.15) is 5.10 Å². The van der Waals surface area contributed by atoms with Crippen molar-refractivity contribution in [1.82, 2.24) is 30.8 Å². The maximum atomic E-state index is 4.34. The molecule has 3 rings (SSSR count). The van der Waals surface area contributed by atoms with Gasteiger partial charge in [0, 0.05) is 30.2 Å². The Hall–Kier alpha value is -2.01. The molecule has 0 unspecified atom stereocenters. The Morgan fingerprint density at radius 2 is 2.08 bits per heavy atom. The number of nitrogens with one attached hydrogen (secondary N) is 3. The lowest BCUT2D eigenvalue weighted by molar-refractivity contribution is 0.805. The number of halogens is 1. The third kappa shape index (κ3) is 5.49. The van der Waals surface area contributed by atoms with Crippen LogP contribution >= 0.6 is 35.3 Å². The van der Waals surface area contributed by atoms with Gasteiger partial charge < -0.3 is 10.6 Å². The van der Waals surface area contributed by atoms with E-state index in [1.807, 2.05) is 18.3 Å². The first kappa shape index (κ1) is 19.3. The van der Waals surface area contributed by atoms with Crippen LogP contribution in [0.25, 0.3) is 11.4 Å². The highest BCUT2D eigenvalue weighted by Gasteiger charge is 2.04. The Balaban J connectivity index is 0.00000225. The molecule has 0 aliphatic heterocycles. The molecule has 0 amide bonds. The summed E-state index contributed by atoms with van der Waals surface area (Å²) >= 11 is 1.68. The van der Waals surface area contributed by atoms with Crippen LogP contribution in [0.15, 0.2) is 41.8 Å². The zero-order valence-electron chi connectivity index (χ0n) is 14.0.